The van der Waals surface area contributed by atoms with Gasteiger partial charge in [0.25, 0.3) is 0 Å². The number of hydrogen-bond acceptors (Lipinski definition) is 3. The smallest absolute Gasteiger partial charge is 0.335 e. The number of carboxylic acid groups (broad SMARTS) is 1. The van der Waals surface area contributed by atoms with Crippen molar-refractivity contribution < 1.29 is 27.0 Å². The van der Waals surface area contributed by atoms with Crippen LogP contribution in [-0.2, 0) is 25.7 Å². The first-order valence-electron chi connectivity index (χ1n) is 13.9. The first-order valence-corrected chi connectivity index (χ1v) is 13.9. The number of anilines is 1. The first-order chi connectivity index (χ1) is 18.2. The van der Waals surface area contributed by atoms with Gasteiger partial charge in [-0.2, -0.15) is 0 Å². The van der Waals surface area contributed by atoms with Crippen LogP contribution in [0.5, 0.6) is 11.5 Å². The standard InChI is InChI=1S/C32H30N2O3.ClH/c35-32(36)22-7-1-6-19(16-22)27-25-17-20-8-2-12-33-14-4-10-23(28(20)33)30(25)37-31-24-11-5-15-34-13-3-9-21(29(24)34)18-26(27)31;/h1,6-7,16-18H,2-5,8-15H2;1H. The number of aryl methyl sites for hydroxylation is 2. The van der Waals surface area contributed by atoms with Crippen LogP contribution in [-0.4, -0.2) is 37.3 Å². The molecule has 3 aromatic rings. The zero-order valence-electron chi connectivity index (χ0n) is 21.5. The molecule has 5 nitrogen and oxygen atoms in total. The highest BCUT2D eigenvalue weighted by Gasteiger charge is 2.35. The molecule has 5 heterocycles. The number of rotatable bonds is 2. The fraction of sp³-hybridized carbons (Fsp3) is 0.375. The fourth-order valence-corrected chi connectivity index (χ4v) is 7.63. The third kappa shape index (κ3) is 3.37. The molecule has 0 bridgehead atoms. The number of carboxylic acids is 1. The summed E-state index contributed by atoms with van der Waals surface area (Å²) >= 11 is 0. The number of aromatic carboxylic acids is 1. The second-order valence-electron chi connectivity index (χ2n) is 11.2. The number of benzene rings is 3. The fourth-order valence-electron chi connectivity index (χ4n) is 7.63. The number of halogens is 1. The van der Waals surface area contributed by atoms with Crippen molar-refractivity contribution in [3.05, 3.63) is 85.9 Å². The molecule has 38 heavy (non-hydrogen) atoms. The summed E-state index contributed by atoms with van der Waals surface area (Å²) in [7, 11) is 0. The van der Waals surface area contributed by atoms with Crippen LogP contribution >= 0.6 is 0 Å². The molecule has 194 valence electrons. The van der Waals surface area contributed by atoms with E-state index < -0.39 is 5.97 Å². The van der Waals surface area contributed by atoms with Crippen molar-refractivity contribution >= 4 is 17.2 Å². The van der Waals surface area contributed by atoms with Gasteiger partial charge < -0.3 is 27.2 Å². The van der Waals surface area contributed by atoms with Gasteiger partial charge >= 0.3 is 5.97 Å². The van der Waals surface area contributed by atoms with Crippen molar-refractivity contribution in [3.63, 3.8) is 0 Å². The van der Waals surface area contributed by atoms with Crippen LogP contribution in [0, 0.1) is 0 Å². The molecule has 0 fully saturated rings. The minimum atomic E-state index is -0.887. The second-order valence-corrected chi connectivity index (χ2v) is 11.2. The van der Waals surface area contributed by atoms with Gasteiger partial charge in [-0.1, -0.05) is 12.1 Å². The molecule has 0 unspecified atom stereocenters. The lowest BCUT2D eigenvalue weighted by molar-refractivity contribution is -0.0000230. The largest absolute Gasteiger partial charge is 1.00 e. The number of hydrogen-bond donors (Lipinski definition) is 1. The highest BCUT2D eigenvalue weighted by atomic mass is 35.5. The third-order valence-electron chi connectivity index (χ3n) is 9.09. The van der Waals surface area contributed by atoms with E-state index in [4.69, 9.17) is 4.74 Å². The van der Waals surface area contributed by atoms with E-state index in [-0.39, 0.29) is 12.4 Å². The van der Waals surface area contributed by atoms with Crippen LogP contribution in [0.25, 0.3) is 5.57 Å². The zero-order valence-corrected chi connectivity index (χ0v) is 22.2. The molecule has 0 aromatic heterocycles. The summed E-state index contributed by atoms with van der Waals surface area (Å²) in [5.74, 6) is 1.14. The van der Waals surface area contributed by atoms with Gasteiger partial charge in [0, 0.05) is 59.1 Å². The average molecular weight is 527 g/mol. The van der Waals surface area contributed by atoms with E-state index in [1.54, 1.807) is 6.07 Å². The Labute approximate surface area is 228 Å². The van der Waals surface area contributed by atoms with E-state index in [1.807, 2.05) is 12.1 Å². The molecule has 3 aromatic carbocycles. The number of carbonyl (C=O) groups is 1. The maximum Gasteiger partial charge on any atom is 0.335 e. The van der Waals surface area contributed by atoms with Crippen molar-refractivity contribution in [1.82, 2.24) is 4.58 Å². The Kier molecular flexibility index (Phi) is 5.55. The number of nitrogens with zero attached hydrogens (tertiary/aromatic N) is 2. The Hall–Kier alpha value is -3.31. The number of ether oxygens (including phenoxy) is 1. The zero-order chi connectivity index (χ0) is 24.7. The Morgan fingerprint density at radius 3 is 2.47 bits per heavy atom. The molecule has 0 saturated heterocycles. The summed E-state index contributed by atoms with van der Waals surface area (Å²) in [4.78, 5) is 14.5. The normalized spacial score (nSPS) is 18.4. The minimum absolute atomic E-state index is 0. The van der Waals surface area contributed by atoms with Gasteiger partial charge in [-0.3, -0.25) is 0 Å². The SMILES string of the molecule is O=C(O)c1cccc(C2=c3cc4c5c(c3Oc3c2cc2c6c3CCCN6CCC2)CCC[N+]=5CCC4)c1.[Cl-]. The van der Waals surface area contributed by atoms with E-state index >= 15 is 0 Å². The molecule has 5 aliphatic rings. The van der Waals surface area contributed by atoms with Crippen LogP contribution < -0.4 is 37.2 Å². The van der Waals surface area contributed by atoms with Gasteiger partial charge in [0.1, 0.15) is 24.6 Å². The lowest BCUT2D eigenvalue weighted by Crippen LogP contribution is -3.00. The first kappa shape index (κ1) is 23.8. The Morgan fingerprint density at radius 1 is 0.868 bits per heavy atom. The molecule has 0 aliphatic carbocycles. The monoisotopic (exact) mass is 526 g/mol. The molecule has 0 amide bonds. The Bertz CT molecular complexity index is 1650. The predicted molar refractivity (Wildman–Crippen MR) is 144 cm³/mol. The van der Waals surface area contributed by atoms with E-state index in [9.17, 15) is 9.90 Å². The molecule has 6 heteroatoms. The molecular weight excluding hydrogens is 496 g/mol. The molecule has 8 rings (SSSR count). The molecular formula is C32H31ClN2O3. The molecule has 0 spiro atoms. The summed E-state index contributed by atoms with van der Waals surface area (Å²) in [6.45, 7) is 4.50. The summed E-state index contributed by atoms with van der Waals surface area (Å²) in [6, 6.07) is 12.2. The van der Waals surface area contributed by atoms with Gasteiger partial charge in [-0.15, -0.1) is 0 Å². The van der Waals surface area contributed by atoms with Gasteiger partial charge in [0.15, 0.2) is 0 Å². The summed E-state index contributed by atoms with van der Waals surface area (Å²) < 4.78 is 9.63. The van der Waals surface area contributed by atoms with E-state index in [1.165, 1.54) is 46.1 Å². The molecule has 1 N–H and O–H groups in total. The van der Waals surface area contributed by atoms with Crippen LogP contribution in [0.3, 0.4) is 0 Å². The van der Waals surface area contributed by atoms with Gasteiger partial charge in [-0.05, 0) is 73.9 Å². The molecule has 0 saturated carbocycles. The average Bonchev–Trinajstić information content (AvgIpc) is 2.93. The third-order valence-corrected chi connectivity index (χ3v) is 9.09. The molecule has 5 aliphatic heterocycles. The topological polar surface area (TPSA) is 52.8 Å². The lowest BCUT2D eigenvalue weighted by atomic mass is 9.82. The van der Waals surface area contributed by atoms with Crippen molar-refractivity contribution in [2.24, 2.45) is 0 Å². The van der Waals surface area contributed by atoms with E-state index in [2.05, 4.69) is 27.7 Å². The molecule has 0 atom stereocenters. The van der Waals surface area contributed by atoms with E-state index in [0.717, 1.165) is 98.1 Å². The Morgan fingerprint density at radius 2 is 1.63 bits per heavy atom. The van der Waals surface area contributed by atoms with Crippen LogP contribution in [0.15, 0.2) is 36.4 Å². The van der Waals surface area contributed by atoms with Crippen molar-refractivity contribution in [2.45, 2.75) is 51.4 Å². The van der Waals surface area contributed by atoms with Crippen molar-refractivity contribution in [2.75, 3.05) is 31.1 Å². The second kappa shape index (κ2) is 8.88. The Balaban J connectivity index is 0.00000242. The minimum Gasteiger partial charge on any atom is -1.00 e. The molecule has 0 radical (unpaired) electrons. The van der Waals surface area contributed by atoms with Crippen molar-refractivity contribution in [1.29, 1.82) is 0 Å². The van der Waals surface area contributed by atoms with Gasteiger partial charge in [-0.25, -0.2) is 9.37 Å². The predicted octanol–water partition coefficient (Wildman–Crippen LogP) is 0.824. The maximum absolute atomic E-state index is 12.0. The maximum atomic E-state index is 12.0. The van der Waals surface area contributed by atoms with Gasteiger partial charge in [0.05, 0.1) is 11.1 Å². The summed E-state index contributed by atoms with van der Waals surface area (Å²) in [6.07, 6.45) is 8.90. The lowest BCUT2D eigenvalue weighted by Gasteiger charge is -2.39. The van der Waals surface area contributed by atoms with Crippen LogP contribution in [0.4, 0.5) is 5.69 Å². The number of fused-ring (bicyclic) bond motifs is 4. The summed E-state index contributed by atoms with van der Waals surface area (Å²) in [5, 5.41) is 12.4. The summed E-state index contributed by atoms with van der Waals surface area (Å²) in [5.41, 5.74) is 10.5. The quantitative estimate of drug-likeness (QED) is 0.393. The van der Waals surface area contributed by atoms with Gasteiger partial charge in [0.2, 0.25) is 5.36 Å². The van der Waals surface area contributed by atoms with Crippen LogP contribution in [0.2, 0.25) is 0 Å². The van der Waals surface area contributed by atoms with E-state index in [0.29, 0.717) is 5.56 Å². The highest BCUT2D eigenvalue weighted by Crippen LogP contribution is 2.48. The highest BCUT2D eigenvalue weighted by molar-refractivity contribution is 5.93. The van der Waals surface area contributed by atoms with Crippen LogP contribution in [0.1, 0.15) is 69.4 Å². The van der Waals surface area contributed by atoms with Crippen molar-refractivity contribution in [3.8, 4) is 11.5 Å².